The molecule has 3 aromatic rings. The third-order valence-electron chi connectivity index (χ3n) is 4.45. The molecular formula is C16H19N5. The normalized spacial score (nSPS) is 18.0. The molecule has 0 saturated heterocycles. The zero-order chi connectivity index (χ0) is 14.2. The summed E-state index contributed by atoms with van der Waals surface area (Å²) in [6.07, 6.45) is 9.43. The van der Waals surface area contributed by atoms with Gasteiger partial charge < -0.3 is 10.3 Å². The largest absolute Gasteiger partial charge is 0.346 e. The Morgan fingerprint density at radius 1 is 1.48 bits per heavy atom. The number of aromatic nitrogens is 4. The zero-order valence-electron chi connectivity index (χ0n) is 12.1. The summed E-state index contributed by atoms with van der Waals surface area (Å²) in [5, 5.41) is 9.29. The van der Waals surface area contributed by atoms with Crippen molar-refractivity contribution in [2.45, 2.75) is 31.8 Å². The molecule has 1 aliphatic carbocycles. The van der Waals surface area contributed by atoms with Gasteiger partial charge in [-0.05, 0) is 37.0 Å². The van der Waals surface area contributed by atoms with Crippen molar-refractivity contribution < 1.29 is 0 Å². The van der Waals surface area contributed by atoms with Gasteiger partial charge in [0, 0.05) is 48.7 Å². The first-order valence-electron chi connectivity index (χ1n) is 7.48. The molecule has 0 spiro atoms. The van der Waals surface area contributed by atoms with E-state index in [1.165, 1.54) is 35.0 Å². The maximum Gasteiger partial charge on any atom is 0.137 e. The third kappa shape index (κ3) is 2.14. The fourth-order valence-corrected chi connectivity index (χ4v) is 3.31. The molecule has 5 heteroatoms. The lowest BCUT2D eigenvalue weighted by Gasteiger charge is -2.23. The highest BCUT2D eigenvalue weighted by Crippen LogP contribution is 2.29. The van der Waals surface area contributed by atoms with E-state index in [9.17, 15) is 0 Å². The summed E-state index contributed by atoms with van der Waals surface area (Å²) in [4.78, 5) is 7.57. The van der Waals surface area contributed by atoms with Crippen molar-refractivity contribution >= 4 is 11.0 Å². The molecule has 0 radical (unpaired) electrons. The minimum atomic E-state index is 0.407. The Labute approximate surface area is 123 Å². The number of fused-ring (bicyclic) bond motifs is 2. The van der Waals surface area contributed by atoms with E-state index in [0.717, 1.165) is 18.6 Å². The topological polar surface area (TPSA) is 58.5 Å². The predicted molar refractivity (Wildman–Crippen MR) is 81.8 cm³/mol. The molecule has 0 bridgehead atoms. The Balaban J connectivity index is 1.55. The number of aryl methyl sites for hydroxylation is 1. The lowest BCUT2D eigenvalue weighted by Crippen LogP contribution is -2.24. The lowest BCUT2D eigenvalue weighted by atomic mass is 9.93. The molecule has 21 heavy (non-hydrogen) atoms. The van der Waals surface area contributed by atoms with E-state index in [-0.39, 0.29) is 0 Å². The van der Waals surface area contributed by atoms with Gasteiger partial charge in [0.25, 0.3) is 0 Å². The van der Waals surface area contributed by atoms with Gasteiger partial charge in [-0.1, -0.05) is 0 Å². The molecule has 0 saturated carbocycles. The fraction of sp³-hybridized carbons (Fsp3) is 0.375. The molecule has 4 rings (SSSR count). The number of hydrogen-bond acceptors (Lipinski definition) is 3. The van der Waals surface area contributed by atoms with Gasteiger partial charge in [0.15, 0.2) is 0 Å². The van der Waals surface area contributed by atoms with Crippen molar-refractivity contribution in [1.82, 2.24) is 25.1 Å². The molecule has 3 aromatic heterocycles. The lowest BCUT2D eigenvalue weighted by molar-refractivity contribution is 0.452. The number of pyridine rings is 1. The SMILES string of the molecule is Cn1ncc2c1CCCC2NCc1c[nH]c2ncccc12. The number of rotatable bonds is 3. The van der Waals surface area contributed by atoms with E-state index in [0.29, 0.717) is 6.04 Å². The van der Waals surface area contributed by atoms with Crippen molar-refractivity contribution in [3.8, 4) is 0 Å². The van der Waals surface area contributed by atoms with Crippen LogP contribution in [0.2, 0.25) is 0 Å². The van der Waals surface area contributed by atoms with Gasteiger partial charge in [0.2, 0.25) is 0 Å². The molecule has 0 aliphatic heterocycles. The quantitative estimate of drug-likeness (QED) is 0.775. The van der Waals surface area contributed by atoms with Gasteiger partial charge in [-0.3, -0.25) is 4.68 Å². The molecule has 0 aromatic carbocycles. The van der Waals surface area contributed by atoms with Crippen LogP contribution in [0.3, 0.4) is 0 Å². The molecule has 108 valence electrons. The van der Waals surface area contributed by atoms with Gasteiger partial charge in [0.1, 0.15) is 5.65 Å². The number of hydrogen-bond donors (Lipinski definition) is 2. The van der Waals surface area contributed by atoms with E-state index in [1.54, 1.807) is 0 Å². The number of nitrogens with one attached hydrogen (secondary N) is 2. The second-order valence-corrected chi connectivity index (χ2v) is 5.71. The summed E-state index contributed by atoms with van der Waals surface area (Å²) in [5.41, 5.74) is 4.97. The van der Waals surface area contributed by atoms with Gasteiger partial charge in [0.05, 0.1) is 6.20 Å². The molecule has 1 unspecified atom stereocenters. The summed E-state index contributed by atoms with van der Waals surface area (Å²) in [7, 11) is 2.03. The van der Waals surface area contributed by atoms with Crippen molar-refractivity contribution in [2.24, 2.45) is 7.05 Å². The summed E-state index contributed by atoms with van der Waals surface area (Å²) >= 11 is 0. The first-order valence-corrected chi connectivity index (χ1v) is 7.48. The smallest absolute Gasteiger partial charge is 0.137 e. The van der Waals surface area contributed by atoms with Crippen LogP contribution < -0.4 is 5.32 Å². The standard InChI is InChI=1S/C16H19N5/c1-21-15-6-2-5-14(13(15)10-20-21)18-8-11-9-19-16-12(11)4-3-7-17-16/h3-4,7,9-10,14,18H,2,5-6,8H2,1H3,(H,17,19). The Kier molecular flexibility index (Phi) is 3.00. The van der Waals surface area contributed by atoms with E-state index in [4.69, 9.17) is 0 Å². The van der Waals surface area contributed by atoms with Crippen LogP contribution in [-0.2, 0) is 20.0 Å². The fourth-order valence-electron chi connectivity index (χ4n) is 3.31. The van der Waals surface area contributed by atoms with Crippen LogP contribution in [0.1, 0.15) is 35.7 Å². The Bertz CT molecular complexity index is 770. The van der Waals surface area contributed by atoms with Crippen molar-refractivity contribution in [3.63, 3.8) is 0 Å². The maximum absolute atomic E-state index is 4.40. The molecule has 1 atom stereocenters. The van der Waals surface area contributed by atoms with E-state index < -0.39 is 0 Å². The van der Waals surface area contributed by atoms with Crippen LogP contribution in [-0.4, -0.2) is 19.7 Å². The summed E-state index contributed by atoms with van der Waals surface area (Å²) in [5.74, 6) is 0. The van der Waals surface area contributed by atoms with Crippen LogP contribution in [0.4, 0.5) is 0 Å². The van der Waals surface area contributed by atoms with Crippen LogP contribution >= 0.6 is 0 Å². The number of aromatic amines is 1. The van der Waals surface area contributed by atoms with Gasteiger partial charge in [-0.25, -0.2) is 4.98 Å². The summed E-state index contributed by atoms with van der Waals surface area (Å²) in [6, 6.07) is 4.51. The van der Waals surface area contributed by atoms with E-state index >= 15 is 0 Å². The molecule has 3 heterocycles. The highest BCUT2D eigenvalue weighted by molar-refractivity contribution is 5.79. The average Bonchev–Trinajstić information content (AvgIpc) is 3.10. The zero-order valence-corrected chi connectivity index (χ0v) is 12.1. The molecule has 2 N–H and O–H groups in total. The Morgan fingerprint density at radius 2 is 2.43 bits per heavy atom. The highest BCUT2D eigenvalue weighted by Gasteiger charge is 2.23. The van der Waals surface area contributed by atoms with Crippen LogP contribution in [0.25, 0.3) is 11.0 Å². The first kappa shape index (κ1) is 12.6. The second kappa shape index (κ2) is 5.00. The Hall–Kier alpha value is -2.14. The van der Waals surface area contributed by atoms with E-state index in [1.807, 2.05) is 30.2 Å². The first-order chi connectivity index (χ1) is 10.3. The second-order valence-electron chi connectivity index (χ2n) is 5.71. The summed E-state index contributed by atoms with van der Waals surface area (Å²) < 4.78 is 2.01. The predicted octanol–water partition coefficient (Wildman–Crippen LogP) is 2.46. The molecular weight excluding hydrogens is 262 g/mol. The highest BCUT2D eigenvalue weighted by atomic mass is 15.3. The average molecular weight is 281 g/mol. The van der Waals surface area contributed by atoms with Crippen molar-refractivity contribution in [2.75, 3.05) is 0 Å². The minimum Gasteiger partial charge on any atom is -0.346 e. The van der Waals surface area contributed by atoms with Crippen molar-refractivity contribution in [3.05, 3.63) is 47.5 Å². The van der Waals surface area contributed by atoms with E-state index in [2.05, 4.69) is 32.6 Å². The van der Waals surface area contributed by atoms with Crippen LogP contribution in [0.5, 0.6) is 0 Å². The molecule has 0 amide bonds. The molecule has 5 nitrogen and oxygen atoms in total. The maximum atomic E-state index is 4.40. The van der Waals surface area contributed by atoms with Crippen LogP contribution in [0.15, 0.2) is 30.7 Å². The van der Waals surface area contributed by atoms with Gasteiger partial charge in [-0.15, -0.1) is 0 Å². The summed E-state index contributed by atoms with van der Waals surface area (Å²) in [6.45, 7) is 0.852. The minimum absolute atomic E-state index is 0.407. The molecule has 1 aliphatic rings. The Morgan fingerprint density at radius 3 is 3.38 bits per heavy atom. The van der Waals surface area contributed by atoms with Crippen molar-refractivity contribution in [1.29, 1.82) is 0 Å². The number of nitrogens with zero attached hydrogens (tertiary/aromatic N) is 3. The van der Waals surface area contributed by atoms with Gasteiger partial charge in [-0.2, -0.15) is 5.10 Å². The van der Waals surface area contributed by atoms with Crippen LogP contribution in [0, 0.1) is 0 Å². The third-order valence-corrected chi connectivity index (χ3v) is 4.45. The molecule has 0 fully saturated rings. The van der Waals surface area contributed by atoms with Gasteiger partial charge >= 0.3 is 0 Å². The monoisotopic (exact) mass is 281 g/mol. The number of H-pyrrole nitrogens is 1.